The first-order valence-corrected chi connectivity index (χ1v) is 4.73. The second kappa shape index (κ2) is 6.96. The number of rotatable bonds is 1. The number of hydrogen-bond donors (Lipinski definition) is 1. The van der Waals surface area contributed by atoms with Gasteiger partial charge in [-0.05, 0) is 12.8 Å². The van der Waals surface area contributed by atoms with Gasteiger partial charge in [0.15, 0.2) is 5.83 Å². The Bertz CT molecular complexity index is 264. The van der Waals surface area contributed by atoms with E-state index in [0.717, 1.165) is 12.8 Å². The number of hydrogen-bond acceptors (Lipinski definition) is 3. The maximum Gasteiger partial charge on any atom is 0.281 e. The summed E-state index contributed by atoms with van der Waals surface area (Å²) in [7, 11) is 0. The van der Waals surface area contributed by atoms with E-state index in [1.165, 1.54) is 11.8 Å². The number of nitrogens with two attached hydrogens (primary N) is 1. The summed E-state index contributed by atoms with van der Waals surface area (Å²) in [5.74, 6) is -1.48. The van der Waals surface area contributed by atoms with Crippen LogP contribution in [0, 0.1) is 11.3 Å². The first kappa shape index (κ1) is 13.6. The van der Waals surface area contributed by atoms with E-state index in [4.69, 9.17) is 11.0 Å². The van der Waals surface area contributed by atoms with Gasteiger partial charge in [-0.3, -0.25) is 4.79 Å². The van der Waals surface area contributed by atoms with Crippen LogP contribution in [0.25, 0.3) is 0 Å². The second-order valence-corrected chi connectivity index (χ2v) is 3.26. The van der Waals surface area contributed by atoms with Gasteiger partial charge in [0.05, 0.1) is 6.07 Å². The number of amides is 1. The minimum absolute atomic E-state index is 0.155. The maximum absolute atomic E-state index is 12.4. The van der Waals surface area contributed by atoms with E-state index in [2.05, 4.69) is 6.58 Å². The summed E-state index contributed by atoms with van der Waals surface area (Å²) in [5, 5.41) is 7.32. The summed E-state index contributed by atoms with van der Waals surface area (Å²) in [6, 6.07) is 1.90. The van der Waals surface area contributed by atoms with E-state index < -0.39 is 11.7 Å². The van der Waals surface area contributed by atoms with Crippen LogP contribution >= 0.6 is 0 Å². The maximum atomic E-state index is 12.4. The fourth-order valence-electron chi connectivity index (χ4n) is 1.27. The van der Waals surface area contributed by atoms with Crippen molar-refractivity contribution in [1.82, 2.24) is 4.90 Å². The van der Waals surface area contributed by atoms with Crippen molar-refractivity contribution in [2.45, 2.75) is 25.8 Å². The van der Waals surface area contributed by atoms with Gasteiger partial charge in [-0.25, -0.2) is 4.39 Å². The van der Waals surface area contributed by atoms with Gasteiger partial charge in [-0.1, -0.05) is 6.58 Å². The van der Waals surface area contributed by atoms with Crippen molar-refractivity contribution in [3.05, 3.63) is 12.4 Å². The molecule has 0 aromatic rings. The van der Waals surface area contributed by atoms with E-state index in [1.807, 2.05) is 0 Å². The zero-order valence-electron chi connectivity index (χ0n) is 8.87. The Morgan fingerprint density at radius 2 is 2.00 bits per heavy atom. The number of halogens is 1. The molecule has 0 saturated carbocycles. The minimum atomic E-state index is -0.884. The molecule has 1 saturated heterocycles. The smallest absolute Gasteiger partial charge is 0.281 e. The Hall–Kier alpha value is -1.41. The number of carbonyl (C=O) groups is 1. The fraction of sp³-hybridized carbons (Fsp3) is 0.600. The predicted octanol–water partition coefficient (Wildman–Crippen LogP) is 0.949. The van der Waals surface area contributed by atoms with Crippen molar-refractivity contribution in [2.24, 2.45) is 5.73 Å². The van der Waals surface area contributed by atoms with Crippen LogP contribution in [0.2, 0.25) is 0 Å². The second-order valence-electron chi connectivity index (χ2n) is 3.26. The highest BCUT2D eigenvalue weighted by atomic mass is 19.1. The zero-order valence-corrected chi connectivity index (χ0v) is 8.87. The lowest BCUT2D eigenvalue weighted by atomic mass is 10.1. The molecule has 84 valence electrons. The van der Waals surface area contributed by atoms with Gasteiger partial charge in [0.2, 0.25) is 0 Å². The average Bonchev–Trinajstić information content (AvgIpc) is 2.19. The Morgan fingerprint density at radius 1 is 1.60 bits per heavy atom. The van der Waals surface area contributed by atoms with Gasteiger partial charge in [0.1, 0.15) is 0 Å². The Labute approximate surface area is 89.2 Å². The summed E-state index contributed by atoms with van der Waals surface area (Å²) in [5.41, 5.74) is 5.62. The van der Waals surface area contributed by atoms with E-state index in [1.54, 1.807) is 6.07 Å². The molecule has 0 aromatic carbocycles. The number of likely N-dealkylation sites (tertiary alicyclic amines) is 1. The first-order chi connectivity index (χ1) is 7.02. The molecule has 0 bridgehead atoms. The van der Waals surface area contributed by atoms with Crippen molar-refractivity contribution in [3.8, 4) is 6.07 Å². The molecular weight excluding hydrogens is 197 g/mol. The molecule has 0 aromatic heterocycles. The molecule has 0 aliphatic carbocycles. The number of piperidine rings is 1. The van der Waals surface area contributed by atoms with Crippen LogP contribution in [0.15, 0.2) is 12.4 Å². The highest BCUT2D eigenvalue weighted by Gasteiger charge is 2.21. The molecule has 0 spiro atoms. The quantitative estimate of drug-likeness (QED) is 0.659. The monoisotopic (exact) mass is 213 g/mol. The number of nitrogens with zero attached hydrogens (tertiary/aromatic N) is 2. The van der Waals surface area contributed by atoms with Crippen molar-refractivity contribution in [1.29, 1.82) is 5.26 Å². The van der Waals surface area contributed by atoms with Gasteiger partial charge in [0.25, 0.3) is 5.91 Å². The van der Waals surface area contributed by atoms with Gasteiger partial charge in [-0.2, -0.15) is 5.26 Å². The van der Waals surface area contributed by atoms with E-state index in [-0.39, 0.29) is 6.04 Å². The van der Waals surface area contributed by atoms with E-state index in [9.17, 15) is 9.18 Å². The average molecular weight is 213 g/mol. The summed E-state index contributed by atoms with van der Waals surface area (Å²) in [4.78, 5) is 12.5. The Balaban J connectivity index is 0.000000583. The summed E-state index contributed by atoms with van der Waals surface area (Å²) >= 11 is 0. The normalized spacial score (nSPS) is 16.0. The topological polar surface area (TPSA) is 70.1 Å². The summed E-state index contributed by atoms with van der Waals surface area (Å²) in [6.07, 6.45) is 1.50. The lowest BCUT2D eigenvalue weighted by Crippen LogP contribution is -2.42. The summed E-state index contributed by atoms with van der Waals surface area (Å²) < 4.78 is 12.4. The number of nitriles is 1. The minimum Gasteiger partial charge on any atom is -0.337 e. The molecule has 1 aliphatic heterocycles. The molecule has 0 unspecified atom stereocenters. The molecule has 0 atom stereocenters. The Morgan fingerprint density at radius 3 is 2.33 bits per heavy atom. The standard InChI is InChI=1S/C8H13FN2O.C2H3N/c1-6(9)8(12)11-4-2-7(10)3-5-11;1-2-3/h7H,1-5,10H2;1H3. The largest absolute Gasteiger partial charge is 0.337 e. The number of carbonyl (C=O) groups excluding carboxylic acids is 1. The molecule has 1 amide bonds. The lowest BCUT2D eigenvalue weighted by Gasteiger charge is -2.29. The third kappa shape index (κ3) is 5.13. The first-order valence-electron chi connectivity index (χ1n) is 4.73. The van der Waals surface area contributed by atoms with Crippen molar-refractivity contribution in [2.75, 3.05) is 13.1 Å². The van der Waals surface area contributed by atoms with Crippen molar-refractivity contribution >= 4 is 5.91 Å². The van der Waals surface area contributed by atoms with Crippen LogP contribution in [-0.4, -0.2) is 29.9 Å². The Kier molecular flexibility index (Phi) is 6.30. The third-order valence-electron chi connectivity index (χ3n) is 2.06. The van der Waals surface area contributed by atoms with Crippen LogP contribution in [-0.2, 0) is 4.79 Å². The van der Waals surface area contributed by atoms with Gasteiger partial charge in [-0.15, -0.1) is 0 Å². The van der Waals surface area contributed by atoms with Crippen LogP contribution in [0.3, 0.4) is 0 Å². The zero-order chi connectivity index (χ0) is 11.8. The van der Waals surface area contributed by atoms with E-state index in [0.29, 0.717) is 13.1 Å². The SMILES string of the molecule is C=C(F)C(=O)N1CCC(N)CC1.CC#N. The molecule has 4 nitrogen and oxygen atoms in total. The van der Waals surface area contributed by atoms with Gasteiger partial charge >= 0.3 is 0 Å². The molecule has 2 N–H and O–H groups in total. The van der Waals surface area contributed by atoms with Gasteiger partial charge < -0.3 is 10.6 Å². The van der Waals surface area contributed by atoms with Crippen LogP contribution < -0.4 is 5.73 Å². The molecule has 1 aliphatic rings. The van der Waals surface area contributed by atoms with Crippen molar-refractivity contribution in [3.63, 3.8) is 0 Å². The van der Waals surface area contributed by atoms with Crippen molar-refractivity contribution < 1.29 is 9.18 Å². The molecule has 0 radical (unpaired) electrons. The summed E-state index contributed by atoms with van der Waals surface area (Å²) in [6.45, 7) is 5.48. The highest BCUT2D eigenvalue weighted by Crippen LogP contribution is 2.11. The van der Waals surface area contributed by atoms with Crippen LogP contribution in [0.1, 0.15) is 19.8 Å². The molecule has 15 heavy (non-hydrogen) atoms. The fourth-order valence-corrected chi connectivity index (χ4v) is 1.27. The van der Waals surface area contributed by atoms with Crippen LogP contribution in [0.5, 0.6) is 0 Å². The van der Waals surface area contributed by atoms with Gasteiger partial charge in [0, 0.05) is 26.1 Å². The molecule has 1 fully saturated rings. The third-order valence-corrected chi connectivity index (χ3v) is 2.06. The predicted molar refractivity (Wildman–Crippen MR) is 55.3 cm³/mol. The molecular formula is C10H16FN3O. The molecule has 5 heteroatoms. The molecule has 1 rings (SSSR count). The lowest BCUT2D eigenvalue weighted by molar-refractivity contribution is -0.129. The highest BCUT2D eigenvalue weighted by molar-refractivity contribution is 5.90. The van der Waals surface area contributed by atoms with Crippen LogP contribution in [0.4, 0.5) is 4.39 Å². The van der Waals surface area contributed by atoms with E-state index >= 15 is 0 Å². The molecule has 1 heterocycles.